The Morgan fingerprint density at radius 3 is 2.71 bits per heavy atom. The van der Waals surface area contributed by atoms with E-state index in [2.05, 4.69) is 10.0 Å². The van der Waals surface area contributed by atoms with Gasteiger partial charge in [-0.1, -0.05) is 19.1 Å². The van der Waals surface area contributed by atoms with Gasteiger partial charge < -0.3 is 5.32 Å². The SMILES string of the molecule is CCNCc1ccc(S(=O)(=O)NCc2cccc(F)c2)s1. The second-order valence-electron chi connectivity index (χ2n) is 4.46. The molecule has 7 heteroatoms. The summed E-state index contributed by atoms with van der Waals surface area (Å²) in [6, 6.07) is 9.25. The molecule has 1 heterocycles. The van der Waals surface area contributed by atoms with E-state index >= 15 is 0 Å². The van der Waals surface area contributed by atoms with Gasteiger partial charge in [0.05, 0.1) is 0 Å². The minimum Gasteiger partial charge on any atom is -0.312 e. The van der Waals surface area contributed by atoms with Crippen molar-refractivity contribution in [3.63, 3.8) is 0 Å². The van der Waals surface area contributed by atoms with Crippen molar-refractivity contribution in [2.24, 2.45) is 0 Å². The Morgan fingerprint density at radius 2 is 2.00 bits per heavy atom. The lowest BCUT2D eigenvalue weighted by atomic mass is 10.2. The molecule has 0 saturated heterocycles. The third kappa shape index (κ3) is 4.60. The third-order valence-corrected chi connectivity index (χ3v) is 5.78. The molecule has 0 aliphatic rings. The topological polar surface area (TPSA) is 58.2 Å². The molecule has 0 bridgehead atoms. The summed E-state index contributed by atoms with van der Waals surface area (Å²) >= 11 is 1.23. The summed E-state index contributed by atoms with van der Waals surface area (Å²) in [7, 11) is -3.56. The van der Waals surface area contributed by atoms with E-state index in [9.17, 15) is 12.8 Å². The van der Waals surface area contributed by atoms with Crippen molar-refractivity contribution in [2.75, 3.05) is 6.54 Å². The first-order valence-corrected chi connectivity index (χ1v) is 8.85. The zero-order valence-electron chi connectivity index (χ0n) is 11.6. The molecular formula is C14H17FN2O2S2. The molecule has 0 unspecified atom stereocenters. The molecule has 21 heavy (non-hydrogen) atoms. The molecule has 4 nitrogen and oxygen atoms in total. The molecule has 1 aromatic carbocycles. The zero-order chi connectivity index (χ0) is 15.3. The highest BCUT2D eigenvalue weighted by Gasteiger charge is 2.16. The maximum atomic E-state index is 13.0. The largest absolute Gasteiger partial charge is 0.312 e. The number of rotatable bonds is 7. The van der Waals surface area contributed by atoms with Gasteiger partial charge in [-0.3, -0.25) is 0 Å². The first-order valence-electron chi connectivity index (χ1n) is 6.55. The van der Waals surface area contributed by atoms with E-state index in [0.717, 1.165) is 11.4 Å². The van der Waals surface area contributed by atoms with Crippen LogP contribution in [0.4, 0.5) is 4.39 Å². The van der Waals surface area contributed by atoms with Crippen LogP contribution in [0.5, 0.6) is 0 Å². The number of nitrogens with one attached hydrogen (secondary N) is 2. The average Bonchev–Trinajstić information content (AvgIpc) is 2.93. The van der Waals surface area contributed by atoms with E-state index in [0.29, 0.717) is 12.1 Å². The van der Waals surface area contributed by atoms with Gasteiger partial charge in [0.1, 0.15) is 10.0 Å². The minimum absolute atomic E-state index is 0.0700. The van der Waals surface area contributed by atoms with E-state index in [4.69, 9.17) is 0 Å². The Bertz CT molecular complexity index is 699. The number of halogens is 1. The Hall–Kier alpha value is -1.28. The molecule has 0 radical (unpaired) electrons. The molecule has 1 aromatic heterocycles. The molecule has 0 aliphatic heterocycles. The highest BCUT2D eigenvalue weighted by atomic mass is 32.2. The van der Waals surface area contributed by atoms with Gasteiger partial charge in [-0.15, -0.1) is 11.3 Å². The smallest absolute Gasteiger partial charge is 0.250 e. The third-order valence-electron chi connectivity index (χ3n) is 2.81. The fraction of sp³-hybridized carbons (Fsp3) is 0.286. The van der Waals surface area contributed by atoms with Gasteiger partial charge >= 0.3 is 0 Å². The van der Waals surface area contributed by atoms with Crippen LogP contribution in [0, 0.1) is 5.82 Å². The molecule has 2 N–H and O–H groups in total. The van der Waals surface area contributed by atoms with Crippen LogP contribution in [0.2, 0.25) is 0 Å². The van der Waals surface area contributed by atoms with Crippen molar-refractivity contribution in [3.8, 4) is 0 Å². The van der Waals surface area contributed by atoms with Crippen LogP contribution in [0.25, 0.3) is 0 Å². The molecule has 0 atom stereocenters. The predicted molar refractivity (Wildman–Crippen MR) is 82.1 cm³/mol. The van der Waals surface area contributed by atoms with E-state index in [1.54, 1.807) is 24.3 Å². The second-order valence-corrected chi connectivity index (χ2v) is 7.62. The lowest BCUT2D eigenvalue weighted by molar-refractivity contribution is 0.582. The lowest BCUT2D eigenvalue weighted by Gasteiger charge is -2.05. The summed E-state index contributed by atoms with van der Waals surface area (Å²) in [5, 5.41) is 3.15. The van der Waals surface area contributed by atoms with E-state index in [1.165, 1.54) is 23.5 Å². The standard InChI is InChI=1S/C14H17FN2O2S2/c1-2-16-10-13-6-7-14(20-13)21(18,19)17-9-11-4-3-5-12(15)8-11/h3-8,16-17H,2,9-10H2,1H3. The van der Waals surface area contributed by atoms with E-state index < -0.39 is 10.0 Å². The summed E-state index contributed by atoms with van der Waals surface area (Å²) in [5.41, 5.74) is 0.586. The lowest BCUT2D eigenvalue weighted by Crippen LogP contribution is -2.22. The van der Waals surface area contributed by atoms with E-state index in [-0.39, 0.29) is 16.6 Å². The van der Waals surface area contributed by atoms with Crippen LogP contribution in [-0.2, 0) is 23.1 Å². The van der Waals surface area contributed by atoms with Crippen LogP contribution in [-0.4, -0.2) is 15.0 Å². The molecular weight excluding hydrogens is 311 g/mol. The van der Waals surface area contributed by atoms with Crippen LogP contribution in [0.3, 0.4) is 0 Å². The number of thiophene rings is 1. The zero-order valence-corrected chi connectivity index (χ0v) is 13.2. The van der Waals surface area contributed by atoms with Gasteiger partial charge in [0, 0.05) is 18.0 Å². The Balaban J connectivity index is 2.02. The number of sulfonamides is 1. The van der Waals surface area contributed by atoms with Gasteiger partial charge in [0.2, 0.25) is 10.0 Å². The maximum absolute atomic E-state index is 13.0. The summed E-state index contributed by atoms with van der Waals surface area (Å²) in [5.74, 6) is -0.379. The van der Waals surface area contributed by atoms with Crippen LogP contribution in [0.15, 0.2) is 40.6 Å². The Morgan fingerprint density at radius 1 is 1.19 bits per heavy atom. The quantitative estimate of drug-likeness (QED) is 0.821. The van der Waals surface area contributed by atoms with Crippen molar-refractivity contribution >= 4 is 21.4 Å². The van der Waals surface area contributed by atoms with Crippen molar-refractivity contribution in [2.45, 2.75) is 24.2 Å². The van der Waals surface area contributed by atoms with Crippen LogP contribution in [0.1, 0.15) is 17.4 Å². The van der Waals surface area contributed by atoms with Gasteiger partial charge in [0.25, 0.3) is 0 Å². The first-order chi connectivity index (χ1) is 10.0. The maximum Gasteiger partial charge on any atom is 0.250 e. The van der Waals surface area contributed by atoms with Gasteiger partial charge in [-0.25, -0.2) is 17.5 Å². The summed E-state index contributed by atoms with van der Waals surface area (Å²) < 4.78 is 40.1. The highest BCUT2D eigenvalue weighted by molar-refractivity contribution is 7.91. The van der Waals surface area contributed by atoms with Gasteiger partial charge in [-0.05, 0) is 36.4 Å². The highest BCUT2D eigenvalue weighted by Crippen LogP contribution is 2.21. The number of benzene rings is 1. The molecule has 0 aliphatic carbocycles. The fourth-order valence-electron chi connectivity index (χ4n) is 1.74. The van der Waals surface area contributed by atoms with Crippen LogP contribution >= 0.6 is 11.3 Å². The molecule has 0 amide bonds. The molecule has 0 saturated carbocycles. The molecule has 2 rings (SSSR count). The summed E-state index contributed by atoms with van der Waals surface area (Å²) in [4.78, 5) is 0.961. The number of hydrogen-bond acceptors (Lipinski definition) is 4. The van der Waals surface area contributed by atoms with Gasteiger partial charge in [0.15, 0.2) is 0 Å². The number of hydrogen-bond donors (Lipinski definition) is 2. The van der Waals surface area contributed by atoms with Crippen molar-refractivity contribution in [3.05, 3.63) is 52.7 Å². The molecule has 2 aromatic rings. The summed E-state index contributed by atoms with van der Waals surface area (Å²) in [6.07, 6.45) is 0. The van der Waals surface area contributed by atoms with E-state index in [1.807, 2.05) is 6.92 Å². The minimum atomic E-state index is -3.56. The normalized spacial score (nSPS) is 11.7. The Labute approximate surface area is 128 Å². The van der Waals surface area contributed by atoms with Crippen molar-refractivity contribution < 1.29 is 12.8 Å². The second kappa shape index (κ2) is 7.13. The fourth-order valence-corrected chi connectivity index (χ4v) is 4.13. The van der Waals surface area contributed by atoms with Crippen LogP contribution < -0.4 is 10.0 Å². The predicted octanol–water partition coefficient (Wildman–Crippen LogP) is 2.48. The molecule has 0 spiro atoms. The summed E-state index contributed by atoms with van der Waals surface area (Å²) in [6.45, 7) is 3.55. The van der Waals surface area contributed by atoms with Gasteiger partial charge in [-0.2, -0.15) is 0 Å². The van der Waals surface area contributed by atoms with Crippen molar-refractivity contribution in [1.82, 2.24) is 10.0 Å². The Kier molecular flexibility index (Phi) is 5.46. The molecule has 114 valence electrons. The average molecular weight is 328 g/mol. The molecule has 0 fully saturated rings. The first kappa shape index (κ1) is 16.1. The monoisotopic (exact) mass is 328 g/mol. The van der Waals surface area contributed by atoms with Crippen molar-refractivity contribution in [1.29, 1.82) is 0 Å².